The third-order valence-corrected chi connectivity index (χ3v) is 5.46. The average Bonchev–Trinajstić information content (AvgIpc) is 3.18. The first kappa shape index (κ1) is 16.2. The molecule has 1 unspecified atom stereocenters. The third kappa shape index (κ3) is 3.94. The number of rotatable bonds is 5. The molecular formula is C13H15F4NO2S. The fraction of sp³-hybridized carbons (Fsp3) is 0.538. The number of alkyl halides is 3. The van der Waals surface area contributed by atoms with Gasteiger partial charge in [-0.2, -0.15) is 17.5 Å². The van der Waals surface area contributed by atoms with E-state index in [2.05, 4.69) is 0 Å². The summed E-state index contributed by atoms with van der Waals surface area (Å²) in [4.78, 5) is -0.333. The van der Waals surface area contributed by atoms with Gasteiger partial charge in [-0.05, 0) is 49.9 Å². The van der Waals surface area contributed by atoms with Crippen LogP contribution >= 0.6 is 0 Å². The van der Waals surface area contributed by atoms with Crippen LogP contribution in [0.15, 0.2) is 29.2 Å². The molecule has 8 heteroatoms. The molecule has 0 spiro atoms. The van der Waals surface area contributed by atoms with Crippen molar-refractivity contribution in [2.75, 3.05) is 6.54 Å². The molecule has 0 aromatic heterocycles. The quantitative estimate of drug-likeness (QED) is 0.780. The summed E-state index contributed by atoms with van der Waals surface area (Å²) >= 11 is 0. The fourth-order valence-corrected chi connectivity index (χ4v) is 3.86. The molecular weight excluding hydrogens is 310 g/mol. The predicted molar refractivity (Wildman–Crippen MR) is 68.5 cm³/mol. The second-order valence-electron chi connectivity index (χ2n) is 5.20. The van der Waals surface area contributed by atoms with Crippen LogP contribution in [0.2, 0.25) is 0 Å². The highest BCUT2D eigenvalue weighted by Crippen LogP contribution is 2.38. The Kier molecular flexibility index (Phi) is 4.30. The van der Waals surface area contributed by atoms with E-state index < -0.39 is 34.6 Å². The van der Waals surface area contributed by atoms with Gasteiger partial charge < -0.3 is 0 Å². The van der Waals surface area contributed by atoms with Gasteiger partial charge in [0.05, 0.1) is 4.90 Å². The van der Waals surface area contributed by atoms with Gasteiger partial charge in [-0.1, -0.05) is 0 Å². The molecule has 2 rings (SSSR count). The topological polar surface area (TPSA) is 37.4 Å². The number of hydrogen-bond donors (Lipinski definition) is 0. The molecule has 1 aromatic carbocycles. The zero-order chi connectivity index (χ0) is 15.8. The highest BCUT2D eigenvalue weighted by atomic mass is 32.2. The maximum Gasteiger partial charge on any atom is 0.402 e. The first-order valence-corrected chi connectivity index (χ1v) is 7.89. The van der Waals surface area contributed by atoms with Gasteiger partial charge >= 0.3 is 6.18 Å². The van der Waals surface area contributed by atoms with E-state index in [1.165, 1.54) is 6.92 Å². The summed E-state index contributed by atoms with van der Waals surface area (Å²) in [7, 11) is -4.31. The van der Waals surface area contributed by atoms with Gasteiger partial charge in [0.1, 0.15) is 12.4 Å². The van der Waals surface area contributed by atoms with Crippen molar-refractivity contribution >= 4 is 10.0 Å². The molecule has 1 aromatic rings. The van der Waals surface area contributed by atoms with Gasteiger partial charge in [-0.15, -0.1) is 0 Å². The van der Waals surface area contributed by atoms with Gasteiger partial charge in [-0.25, -0.2) is 12.8 Å². The molecule has 0 amide bonds. The number of sulfonamides is 1. The Bertz CT molecular complexity index is 594. The maximum atomic E-state index is 12.9. The Labute approximate surface area is 120 Å². The highest BCUT2D eigenvalue weighted by Gasteiger charge is 2.44. The highest BCUT2D eigenvalue weighted by molar-refractivity contribution is 7.89. The first-order valence-electron chi connectivity index (χ1n) is 6.45. The minimum absolute atomic E-state index is 0.0532. The van der Waals surface area contributed by atoms with Crippen LogP contribution in [-0.2, 0) is 10.0 Å². The summed E-state index contributed by atoms with van der Waals surface area (Å²) in [6.45, 7) is -0.0607. The van der Waals surface area contributed by atoms with Crippen LogP contribution in [0, 0.1) is 11.7 Å². The van der Waals surface area contributed by atoms with Gasteiger partial charge in [0.2, 0.25) is 10.0 Å². The molecule has 1 saturated carbocycles. The molecule has 0 bridgehead atoms. The lowest BCUT2D eigenvalue weighted by atomic mass is 10.2. The fourth-order valence-electron chi connectivity index (χ4n) is 2.18. The molecule has 0 radical (unpaired) electrons. The number of benzene rings is 1. The van der Waals surface area contributed by atoms with Crippen molar-refractivity contribution in [2.45, 2.75) is 36.9 Å². The van der Waals surface area contributed by atoms with Gasteiger partial charge in [0.15, 0.2) is 0 Å². The normalized spacial score (nSPS) is 18.0. The second-order valence-corrected chi connectivity index (χ2v) is 7.09. The molecule has 0 saturated heterocycles. The number of nitrogens with zero attached hydrogens (tertiary/aromatic N) is 1. The molecule has 21 heavy (non-hydrogen) atoms. The summed E-state index contributed by atoms with van der Waals surface area (Å²) in [5.41, 5.74) is 0. The molecule has 0 N–H and O–H groups in total. The maximum absolute atomic E-state index is 12.9. The summed E-state index contributed by atoms with van der Waals surface area (Å²) < 4.78 is 76.2. The van der Waals surface area contributed by atoms with E-state index >= 15 is 0 Å². The predicted octanol–water partition coefficient (Wildman–Crippen LogP) is 3.18. The van der Waals surface area contributed by atoms with Crippen molar-refractivity contribution in [2.24, 2.45) is 5.92 Å². The standard InChI is InChI=1S/C13H15F4NO2S/c1-9(10-2-3-10)18(8-13(15,16)17)21(19,20)12-6-4-11(14)5-7-12/h4-7,9-10H,2-3,8H2,1H3. The van der Waals surface area contributed by atoms with Crippen molar-refractivity contribution in [3.8, 4) is 0 Å². The lowest BCUT2D eigenvalue weighted by Crippen LogP contribution is -2.45. The molecule has 118 valence electrons. The van der Waals surface area contributed by atoms with Crippen molar-refractivity contribution in [3.63, 3.8) is 0 Å². The van der Waals surface area contributed by atoms with E-state index in [-0.39, 0.29) is 10.8 Å². The van der Waals surface area contributed by atoms with Crippen molar-refractivity contribution < 1.29 is 26.0 Å². The SMILES string of the molecule is CC(C1CC1)N(CC(F)(F)F)S(=O)(=O)c1ccc(F)cc1. The lowest BCUT2D eigenvalue weighted by molar-refractivity contribution is -0.139. The van der Waals surface area contributed by atoms with Crippen LogP contribution < -0.4 is 0 Å². The first-order chi connectivity index (χ1) is 9.61. The van der Waals surface area contributed by atoms with E-state index in [0.717, 1.165) is 24.3 Å². The molecule has 0 aliphatic heterocycles. The molecule has 1 atom stereocenters. The monoisotopic (exact) mass is 325 g/mol. The molecule has 1 aliphatic carbocycles. The van der Waals surface area contributed by atoms with Crippen LogP contribution in [0.3, 0.4) is 0 Å². The molecule has 1 fully saturated rings. The van der Waals surface area contributed by atoms with Gasteiger partial charge in [-0.3, -0.25) is 0 Å². The summed E-state index contributed by atoms with van der Waals surface area (Å²) in [5, 5.41) is 0. The zero-order valence-corrected chi connectivity index (χ0v) is 12.1. The van der Waals surface area contributed by atoms with E-state index in [9.17, 15) is 26.0 Å². The van der Waals surface area contributed by atoms with E-state index in [0.29, 0.717) is 17.1 Å². The number of hydrogen-bond acceptors (Lipinski definition) is 2. The minimum atomic E-state index is -4.63. The van der Waals surface area contributed by atoms with E-state index in [4.69, 9.17) is 0 Å². The number of halogens is 4. The van der Waals surface area contributed by atoms with Crippen LogP contribution in [0.5, 0.6) is 0 Å². The average molecular weight is 325 g/mol. The van der Waals surface area contributed by atoms with E-state index in [1.54, 1.807) is 0 Å². The van der Waals surface area contributed by atoms with Crippen molar-refractivity contribution in [1.29, 1.82) is 0 Å². The third-order valence-electron chi connectivity index (χ3n) is 3.51. The Balaban J connectivity index is 2.35. The van der Waals surface area contributed by atoms with Crippen LogP contribution in [-0.4, -0.2) is 31.5 Å². The van der Waals surface area contributed by atoms with Crippen LogP contribution in [0.25, 0.3) is 0 Å². The Hall–Kier alpha value is -1.15. The second kappa shape index (κ2) is 5.57. The minimum Gasteiger partial charge on any atom is -0.207 e. The Morgan fingerprint density at radius 1 is 1.24 bits per heavy atom. The van der Waals surface area contributed by atoms with Gasteiger partial charge in [0, 0.05) is 6.04 Å². The molecule has 3 nitrogen and oxygen atoms in total. The summed E-state index contributed by atoms with van der Waals surface area (Å²) in [6, 6.07) is 3.06. The molecule has 0 heterocycles. The van der Waals surface area contributed by atoms with Crippen molar-refractivity contribution in [1.82, 2.24) is 4.31 Å². The Morgan fingerprint density at radius 3 is 2.19 bits per heavy atom. The van der Waals surface area contributed by atoms with Crippen LogP contribution in [0.4, 0.5) is 17.6 Å². The Morgan fingerprint density at radius 2 is 1.76 bits per heavy atom. The van der Waals surface area contributed by atoms with Gasteiger partial charge in [0.25, 0.3) is 0 Å². The molecule has 1 aliphatic rings. The zero-order valence-electron chi connectivity index (χ0n) is 11.3. The summed E-state index contributed by atoms with van der Waals surface area (Å²) in [6.07, 6.45) is -3.20. The van der Waals surface area contributed by atoms with Crippen LogP contribution in [0.1, 0.15) is 19.8 Å². The lowest BCUT2D eigenvalue weighted by Gasteiger charge is -2.29. The largest absolute Gasteiger partial charge is 0.402 e. The smallest absolute Gasteiger partial charge is 0.207 e. The van der Waals surface area contributed by atoms with Crippen molar-refractivity contribution in [3.05, 3.63) is 30.1 Å². The van der Waals surface area contributed by atoms with E-state index in [1.807, 2.05) is 0 Å². The summed E-state index contributed by atoms with van der Waals surface area (Å²) in [5.74, 6) is -0.700.